The van der Waals surface area contributed by atoms with Gasteiger partial charge in [-0.1, -0.05) is 35.8 Å². The number of aromatic nitrogens is 1. The number of nitrogens with one attached hydrogen (secondary N) is 1. The third kappa shape index (κ3) is 4.56. The Kier molecular flexibility index (Phi) is 5.79. The Morgan fingerprint density at radius 1 is 1.33 bits per heavy atom. The van der Waals surface area contributed by atoms with Gasteiger partial charge in [0.05, 0.1) is 12.2 Å². The largest absolute Gasteiger partial charge is 0.360 e. The molecule has 114 valence electrons. The number of halogens is 1. The van der Waals surface area contributed by atoms with Crippen LogP contribution in [0.15, 0.2) is 34.9 Å². The normalized spacial score (nSPS) is 12.8. The number of nitrogens with zero attached hydrogens (tertiary/aromatic N) is 2. The van der Waals surface area contributed by atoms with Gasteiger partial charge in [-0.15, -0.1) is 0 Å². The average molecular weight is 308 g/mol. The molecule has 0 bridgehead atoms. The topological polar surface area (TPSA) is 41.3 Å². The highest BCUT2D eigenvalue weighted by atomic mass is 35.5. The fourth-order valence-electron chi connectivity index (χ4n) is 2.15. The number of hydrogen-bond acceptors (Lipinski definition) is 4. The molecule has 21 heavy (non-hydrogen) atoms. The van der Waals surface area contributed by atoms with Gasteiger partial charge in [0, 0.05) is 23.7 Å². The quantitative estimate of drug-likeness (QED) is 0.848. The predicted molar refractivity (Wildman–Crippen MR) is 85.2 cm³/mol. The molecule has 2 rings (SSSR count). The lowest BCUT2D eigenvalue weighted by atomic mass is 10.1. The van der Waals surface area contributed by atoms with Crippen molar-refractivity contribution in [1.82, 2.24) is 15.4 Å². The second kappa shape index (κ2) is 7.59. The Bertz CT molecular complexity index is 553. The first-order valence-electron chi connectivity index (χ1n) is 7.21. The van der Waals surface area contributed by atoms with Crippen molar-refractivity contribution in [3.8, 4) is 0 Å². The second-order valence-electron chi connectivity index (χ2n) is 5.21. The molecule has 2 aromatic rings. The summed E-state index contributed by atoms with van der Waals surface area (Å²) in [6, 6.07) is 10.2. The van der Waals surface area contributed by atoms with Gasteiger partial charge >= 0.3 is 0 Å². The van der Waals surface area contributed by atoms with Gasteiger partial charge in [0.15, 0.2) is 5.76 Å². The van der Waals surface area contributed by atoms with Crippen molar-refractivity contribution in [3.63, 3.8) is 0 Å². The molecule has 0 aliphatic heterocycles. The average Bonchev–Trinajstić information content (AvgIpc) is 2.92. The third-order valence-corrected chi connectivity index (χ3v) is 3.83. The Balaban J connectivity index is 1.95. The van der Waals surface area contributed by atoms with Crippen LogP contribution in [0.4, 0.5) is 0 Å². The van der Waals surface area contributed by atoms with E-state index in [0.29, 0.717) is 0 Å². The van der Waals surface area contributed by atoms with Crippen LogP contribution in [-0.4, -0.2) is 23.6 Å². The number of benzene rings is 1. The molecule has 1 atom stereocenters. The molecule has 0 fully saturated rings. The summed E-state index contributed by atoms with van der Waals surface area (Å²) >= 11 is 5.93. The summed E-state index contributed by atoms with van der Waals surface area (Å²) in [5, 5.41) is 8.07. The molecule has 0 saturated carbocycles. The first-order valence-corrected chi connectivity index (χ1v) is 7.58. The summed E-state index contributed by atoms with van der Waals surface area (Å²) in [4.78, 5) is 2.22. The van der Waals surface area contributed by atoms with E-state index in [-0.39, 0.29) is 6.04 Å². The summed E-state index contributed by atoms with van der Waals surface area (Å²) in [6.45, 7) is 6.64. The zero-order valence-corrected chi connectivity index (χ0v) is 13.5. The van der Waals surface area contributed by atoms with E-state index in [1.165, 1.54) is 5.56 Å². The Hall–Kier alpha value is -1.36. The van der Waals surface area contributed by atoms with E-state index in [1.54, 1.807) is 0 Å². The smallest absolute Gasteiger partial charge is 0.151 e. The van der Waals surface area contributed by atoms with Crippen LogP contribution >= 0.6 is 11.6 Å². The van der Waals surface area contributed by atoms with E-state index in [1.807, 2.05) is 18.2 Å². The van der Waals surface area contributed by atoms with Crippen molar-refractivity contribution in [2.75, 3.05) is 13.6 Å². The second-order valence-corrected chi connectivity index (χ2v) is 5.64. The van der Waals surface area contributed by atoms with Gasteiger partial charge in [-0.3, -0.25) is 4.90 Å². The summed E-state index contributed by atoms with van der Waals surface area (Å²) in [7, 11) is 2.08. The molecule has 0 saturated heterocycles. The minimum atomic E-state index is 0.282. The molecule has 1 heterocycles. The van der Waals surface area contributed by atoms with Crippen LogP contribution in [0.25, 0.3) is 0 Å². The molecule has 1 N–H and O–H groups in total. The molecule has 0 radical (unpaired) electrons. The Labute approximate surface area is 131 Å². The van der Waals surface area contributed by atoms with Gasteiger partial charge in [0.2, 0.25) is 0 Å². The standard InChI is InChI=1S/C16H22ClN3O/c1-4-18-10-15-9-16(21-19-15)11-20(3)12(2)13-5-7-14(17)8-6-13/h5-9,12,18H,4,10-11H2,1-3H3. The van der Waals surface area contributed by atoms with Gasteiger partial charge in [0.1, 0.15) is 0 Å². The minimum Gasteiger partial charge on any atom is -0.360 e. The Morgan fingerprint density at radius 2 is 2.05 bits per heavy atom. The van der Waals surface area contributed by atoms with Gasteiger partial charge in [-0.2, -0.15) is 0 Å². The fraction of sp³-hybridized carbons (Fsp3) is 0.438. The van der Waals surface area contributed by atoms with E-state index >= 15 is 0 Å². The van der Waals surface area contributed by atoms with Crippen LogP contribution in [0.3, 0.4) is 0 Å². The lowest BCUT2D eigenvalue weighted by Crippen LogP contribution is -2.21. The molecule has 0 spiro atoms. The molecule has 1 aromatic heterocycles. The van der Waals surface area contributed by atoms with E-state index in [4.69, 9.17) is 16.1 Å². The number of hydrogen-bond donors (Lipinski definition) is 1. The van der Waals surface area contributed by atoms with E-state index in [0.717, 1.165) is 36.1 Å². The highest BCUT2D eigenvalue weighted by molar-refractivity contribution is 6.30. The number of rotatable bonds is 7. The van der Waals surface area contributed by atoms with Crippen LogP contribution in [-0.2, 0) is 13.1 Å². The molecule has 4 nitrogen and oxygen atoms in total. The summed E-state index contributed by atoms with van der Waals surface area (Å²) in [6.07, 6.45) is 0. The Morgan fingerprint density at radius 3 is 2.71 bits per heavy atom. The van der Waals surface area contributed by atoms with Crippen molar-refractivity contribution in [1.29, 1.82) is 0 Å². The fourth-order valence-corrected chi connectivity index (χ4v) is 2.27. The first-order chi connectivity index (χ1) is 10.1. The van der Waals surface area contributed by atoms with Crippen LogP contribution in [0.5, 0.6) is 0 Å². The highest BCUT2D eigenvalue weighted by Crippen LogP contribution is 2.22. The predicted octanol–water partition coefficient (Wildman–Crippen LogP) is 3.63. The zero-order valence-electron chi connectivity index (χ0n) is 12.8. The van der Waals surface area contributed by atoms with Crippen molar-refractivity contribution in [2.45, 2.75) is 33.0 Å². The van der Waals surface area contributed by atoms with Gasteiger partial charge in [-0.25, -0.2) is 0 Å². The summed E-state index contributed by atoms with van der Waals surface area (Å²) < 4.78 is 5.38. The summed E-state index contributed by atoms with van der Waals surface area (Å²) in [5.41, 5.74) is 2.17. The van der Waals surface area contributed by atoms with Gasteiger partial charge < -0.3 is 9.84 Å². The molecular weight excluding hydrogens is 286 g/mol. The van der Waals surface area contributed by atoms with Gasteiger partial charge in [-0.05, 0) is 38.2 Å². The zero-order chi connectivity index (χ0) is 15.2. The maximum absolute atomic E-state index is 5.93. The van der Waals surface area contributed by atoms with Gasteiger partial charge in [0.25, 0.3) is 0 Å². The lowest BCUT2D eigenvalue weighted by Gasteiger charge is -2.23. The lowest BCUT2D eigenvalue weighted by molar-refractivity contribution is 0.220. The van der Waals surface area contributed by atoms with Crippen LogP contribution in [0, 0.1) is 0 Å². The van der Waals surface area contributed by atoms with E-state index < -0.39 is 0 Å². The van der Waals surface area contributed by atoms with E-state index in [2.05, 4.69) is 48.4 Å². The maximum atomic E-state index is 5.93. The molecule has 1 aromatic carbocycles. The molecular formula is C16H22ClN3O. The maximum Gasteiger partial charge on any atom is 0.151 e. The van der Waals surface area contributed by atoms with Crippen LogP contribution in [0.2, 0.25) is 5.02 Å². The van der Waals surface area contributed by atoms with Crippen LogP contribution < -0.4 is 5.32 Å². The minimum absolute atomic E-state index is 0.282. The first kappa shape index (κ1) is 16.0. The third-order valence-electron chi connectivity index (χ3n) is 3.58. The monoisotopic (exact) mass is 307 g/mol. The molecule has 0 aliphatic rings. The molecule has 0 amide bonds. The van der Waals surface area contributed by atoms with Crippen molar-refractivity contribution in [3.05, 3.63) is 52.4 Å². The molecule has 5 heteroatoms. The van der Waals surface area contributed by atoms with Crippen molar-refractivity contribution >= 4 is 11.6 Å². The van der Waals surface area contributed by atoms with Crippen LogP contribution in [0.1, 0.15) is 36.9 Å². The SMILES string of the molecule is CCNCc1cc(CN(C)C(C)c2ccc(Cl)cc2)on1. The highest BCUT2D eigenvalue weighted by Gasteiger charge is 2.14. The van der Waals surface area contributed by atoms with Crippen molar-refractivity contribution in [2.24, 2.45) is 0 Å². The summed E-state index contributed by atoms with van der Waals surface area (Å²) in [5.74, 6) is 0.881. The van der Waals surface area contributed by atoms with Crippen molar-refractivity contribution < 1.29 is 4.52 Å². The molecule has 0 aliphatic carbocycles. The molecule has 1 unspecified atom stereocenters. The van der Waals surface area contributed by atoms with E-state index in [9.17, 15) is 0 Å².